The molecule has 1 aliphatic heterocycles. The summed E-state index contributed by atoms with van der Waals surface area (Å²) < 4.78 is 0. The van der Waals surface area contributed by atoms with Crippen LogP contribution >= 0.6 is 0 Å². The Balaban J connectivity index is 1.62. The van der Waals surface area contributed by atoms with Crippen molar-refractivity contribution in [3.63, 3.8) is 0 Å². The Hall–Kier alpha value is -0.570. The second kappa shape index (κ2) is 6.24. The minimum absolute atomic E-state index is 0.218. The Morgan fingerprint density at radius 3 is 2.81 bits per heavy atom. The van der Waals surface area contributed by atoms with Gasteiger partial charge in [0.05, 0.1) is 0 Å². The average Bonchev–Trinajstić information content (AvgIpc) is 2.69. The summed E-state index contributed by atoms with van der Waals surface area (Å²) in [6.45, 7) is 1.96. The molecule has 0 aromatic heterocycles. The monoisotopic (exact) mass is 224 g/mol. The van der Waals surface area contributed by atoms with E-state index < -0.39 is 0 Å². The van der Waals surface area contributed by atoms with Gasteiger partial charge in [0.15, 0.2) is 0 Å². The molecule has 1 saturated carbocycles. The second-order valence-corrected chi connectivity index (χ2v) is 5.29. The number of nitrogens with one attached hydrogen (secondary N) is 2. The fourth-order valence-electron chi connectivity index (χ4n) is 2.94. The molecule has 2 N–H and O–H groups in total. The maximum absolute atomic E-state index is 11.4. The molecule has 92 valence electrons. The first kappa shape index (κ1) is 11.9. The molecule has 2 aliphatic rings. The van der Waals surface area contributed by atoms with E-state index in [0.29, 0.717) is 12.5 Å². The Morgan fingerprint density at radius 1 is 1.19 bits per heavy atom. The van der Waals surface area contributed by atoms with Crippen LogP contribution in [0.1, 0.15) is 51.4 Å². The number of carbonyl (C=O) groups excluding carboxylic acids is 1. The van der Waals surface area contributed by atoms with E-state index in [9.17, 15) is 4.79 Å². The molecule has 0 radical (unpaired) electrons. The summed E-state index contributed by atoms with van der Waals surface area (Å²) in [6, 6.07) is 0.420. The lowest BCUT2D eigenvalue weighted by Gasteiger charge is -2.16. The highest BCUT2D eigenvalue weighted by Gasteiger charge is 2.18. The highest BCUT2D eigenvalue weighted by atomic mass is 16.1. The summed E-state index contributed by atoms with van der Waals surface area (Å²) in [7, 11) is 0. The van der Waals surface area contributed by atoms with Crippen LogP contribution in [0.5, 0.6) is 0 Å². The molecule has 0 spiro atoms. The standard InChI is InChI=1S/C13H24N2O/c16-13-10-12(6-3-8-15-13)14-9-7-11-4-1-2-5-11/h11-12,14H,1-10H2,(H,15,16). The molecule has 1 saturated heterocycles. The van der Waals surface area contributed by atoms with Crippen LogP contribution in [0.25, 0.3) is 0 Å². The molecular formula is C13H24N2O. The van der Waals surface area contributed by atoms with Gasteiger partial charge in [0.2, 0.25) is 5.91 Å². The van der Waals surface area contributed by atoms with Crippen LogP contribution in [-0.2, 0) is 4.79 Å². The quantitative estimate of drug-likeness (QED) is 0.765. The third-order valence-corrected chi connectivity index (χ3v) is 3.94. The van der Waals surface area contributed by atoms with E-state index in [1.165, 1.54) is 32.1 Å². The van der Waals surface area contributed by atoms with E-state index in [0.717, 1.165) is 31.8 Å². The fraction of sp³-hybridized carbons (Fsp3) is 0.923. The van der Waals surface area contributed by atoms with Gasteiger partial charge in [-0.25, -0.2) is 0 Å². The van der Waals surface area contributed by atoms with E-state index >= 15 is 0 Å². The van der Waals surface area contributed by atoms with Gasteiger partial charge in [0, 0.05) is 19.0 Å². The van der Waals surface area contributed by atoms with Crippen molar-refractivity contribution >= 4 is 5.91 Å². The van der Waals surface area contributed by atoms with Crippen LogP contribution in [0.15, 0.2) is 0 Å². The minimum Gasteiger partial charge on any atom is -0.356 e. The third-order valence-electron chi connectivity index (χ3n) is 3.94. The molecule has 2 rings (SSSR count). The first-order valence-electron chi connectivity index (χ1n) is 6.84. The van der Waals surface area contributed by atoms with Crippen molar-refractivity contribution in [1.82, 2.24) is 10.6 Å². The molecule has 3 nitrogen and oxygen atoms in total. The SMILES string of the molecule is O=C1CC(NCCC2CCCC2)CCCN1. The Morgan fingerprint density at radius 2 is 2.00 bits per heavy atom. The van der Waals surface area contributed by atoms with Gasteiger partial charge >= 0.3 is 0 Å². The number of hydrogen-bond acceptors (Lipinski definition) is 2. The van der Waals surface area contributed by atoms with Crippen LogP contribution in [0, 0.1) is 5.92 Å². The van der Waals surface area contributed by atoms with Crippen LogP contribution in [-0.4, -0.2) is 25.0 Å². The smallest absolute Gasteiger partial charge is 0.221 e. The number of amides is 1. The van der Waals surface area contributed by atoms with Gasteiger partial charge in [-0.3, -0.25) is 4.79 Å². The third kappa shape index (κ3) is 3.78. The van der Waals surface area contributed by atoms with Crippen molar-refractivity contribution in [3.8, 4) is 0 Å². The molecule has 1 unspecified atom stereocenters. The summed E-state index contributed by atoms with van der Waals surface area (Å²) in [6.07, 6.45) is 9.94. The molecule has 3 heteroatoms. The van der Waals surface area contributed by atoms with Crippen LogP contribution in [0.2, 0.25) is 0 Å². The first-order valence-corrected chi connectivity index (χ1v) is 6.84. The van der Waals surface area contributed by atoms with Gasteiger partial charge < -0.3 is 10.6 Å². The lowest BCUT2D eigenvalue weighted by molar-refractivity contribution is -0.121. The van der Waals surface area contributed by atoms with Crippen LogP contribution < -0.4 is 10.6 Å². The van der Waals surface area contributed by atoms with Crippen molar-refractivity contribution in [1.29, 1.82) is 0 Å². The Labute approximate surface area is 98.4 Å². The summed E-state index contributed by atoms with van der Waals surface area (Å²) in [5, 5.41) is 6.49. The van der Waals surface area contributed by atoms with Gasteiger partial charge in [0.25, 0.3) is 0 Å². The zero-order valence-corrected chi connectivity index (χ0v) is 10.1. The lowest BCUT2D eigenvalue weighted by Crippen LogP contribution is -2.33. The molecule has 1 atom stereocenters. The molecule has 16 heavy (non-hydrogen) atoms. The zero-order chi connectivity index (χ0) is 11.2. The normalized spacial score (nSPS) is 27.8. The molecule has 0 aromatic rings. The van der Waals surface area contributed by atoms with Gasteiger partial charge in [-0.2, -0.15) is 0 Å². The maximum Gasteiger partial charge on any atom is 0.221 e. The predicted molar refractivity (Wildman–Crippen MR) is 65.2 cm³/mol. The van der Waals surface area contributed by atoms with Crippen LogP contribution in [0.4, 0.5) is 0 Å². The molecule has 2 fully saturated rings. The van der Waals surface area contributed by atoms with Crippen molar-refractivity contribution in [2.24, 2.45) is 5.92 Å². The summed E-state index contributed by atoms with van der Waals surface area (Å²) >= 11 is 0. The van der Waals surface area contributed by atoms with E-state index in [-0.39, 0.29) is 5.91 Å². The molecular weight excluding hydrogens is 200 g/mol. The van der Waals surface area contributed by atoms with Crippen molar-refractivity contribution < 1.29 is 4.79 Å². The molecule has 1 heterocycles. The average molecular weight is 224 g/mol. The fourth-order valence-corrected chi connectivity index (χ4v) is 2.94. The van der Waals surface area contributed by atoms with Crippen LogP contribution in [0.3, 0.4) is 0 Å². The molecule has 1 aliphatic carbocycles. The highest BCUT2D eigenvalue weighted by molar-refractivity contribution is 5.76. The number of hydrogen-bond donors (Lipinski definition) is 2. The zero-order valence-electron chi connectivity index (χ0n) is 10.1. The van der Waals surface area contributed by atoms with E-state index in [2.05, 4.69) is 10.6 Å². The summed E-state index contributed by atoms with van der Waals surface area (Å²) in [5.41, 5.74) is 0. The summed E-state index contributed by atoms with van der Waals surface area (Å²) in [4.78, 5) is 11.4. The van der Waals surface area contributed by atoms with Gasteiger partial charge in [-0.15, -0.1) is 0 Å². The number of carbonyl (C=O) groups is 1. The number of rotatable bonds is 4. The Kier molecular flexibility index (Phi) is 4.64. The topological polar surface area (TPSA) is 41.1 Å². The Bertz CT molecular complexity index is 224. The van der Waals surface area contributed by atoms with E-state index in [1.54, 1.807) is 0 Å². The molecule has 0 aromatic carbocycles. The first-order chi connectivity index (χ1) is 7.84. The minimum atomic E-state index is 0.218. The van der Waals surface area contributed by atoms with Crippen molar-refractivity contribution in [2.45, 2.75) is 57.4 Å². The van der Waals surface area contributed by atoms with Crippen molar-refractivity contribution in [3.05, 3.63) is 0 Å². The highest BCUT2D eigenvalue weighted by Crippen LogP contribution is 2.27. The van der Waals surface area contributed by atoms with E-state index in [4.69, 9.17) is 0 Å². The molecule has 1 amide bonds. The predicted octanol–water partition coefficient (Wildman–Crippen LogP) is 1.82. The van der Waals surface area contributed by atoms with Gasteiger partial charge in [0.1, 0.15) is 0 Å². The lowest BCUT2D eigenvalue weighted by atomic mass is 10.0. The summed E-state index contributed by atoms with van der Waals surface area (Å²) in [5.74, 6) is 1.17. The largest absolute Gasteiger partial charge is 0.356 e. The second-order valence-electron chi connectivity index (χ2n) is 5.29. The van der Waals surface area contributed by atoms with Crippen molar-refractivity contribution in [2.75, 3.05) is 13.1 Å². The molecule has 0 bridgehead atoms. The van der Waals surface area contributed by atoms with Gasteiger partial charge in [-0.1, -0.05) is 25.7 Å². The van der Waals surface area contributed by atoms with E-state index in [1.807, 2.05) is 0 Å². The maximum atomic E-state index is 11.4. The van der Waals surface area contributed by atoms with Gasteiger partial charge in [-0.05, 0) is 31.7 Å².